The van der Waals surface area contributed by atoms with Crippen LogP contribution in [0.15, 0.2) is 6.20 Å². The first-order chi connectivity index (χ1) is 8.76. The number of ether oxygens (including phenoxy) is 1. The summed E-state index contributed by atoms with van der Waals surface area (Å²) in [5.41, 5.74) is 0. The average molecular weight is 290 g/mol. The highest BCUT2D eigenvalue weighted by atomic mass is 35.5. The van der Waals surface area contributed by atoms with Crippen molar-refractivity contribution in [1.29, 1.82) is 0 Å². The van der Waals surface area contributed by atoms with E-state index in [2.05, 4.69) is 14.9 Å². The van der Waals surface area contributed by atoms with E-state index in [0.29, 0.717) is 23.0 Å². The zero-order valence-corrected chi connectivity index (χ0v) is 11.9. The summed E-state index contributed by atoms with van der Waals surface area (Å²) in [4.78, 5) is 10.6. The Labute approximate surface area is 117 Å². The van der Waals surface area contributed by atoms with E-state index in [4.69, 9.17) is 27.9 Å². The molecule has 1 aromatic heterocycles. The van der Waals surface area contributed by atoms with Crippen LogP contribution in [0.2, 0.25) is 5.02 Å². The molecule has 0 saturated carbocycles. The van der Waals surface area contributed by atoms with Crippen molar-refractivity contribution in [1.82, 2.24) is 9.97 Å². The molecule has 100 valence electrons. The van der Waals surface area contributed by atoms with Crippen LogP contribution in [-0.2, 0) is 0 Å². The molecule has 0 spiro atoms. The summed E-state index contributed by atoms with van der Waals surface area (Å²) in [7, 11) is 1.56. The van der Waals surface area contributed by atoms with Crippen LogP contribution >= 0.6 is 23.2 Å². The molecule has 0 N–H and O–H groups in total. The van der Waals surface area contributed by atoms with Gasteiger partial charge in [0, 0.05) is 18.5 Å². The number of hydrogen-bond acceptors (Lipinski definition) is 4. The second-order valence-electron chi connectivity index (χ2n) is 4.35. The fourth-order valence-corrected chi connectivity index (χ4v) is 2.72. The van der Waals surface area contributed by atoms with Gasteiger partial charge < -0.3 is 9.64 Å². The summed E-state index contributed by atoms with van der Waals surface area (Å²) in [5.74, 6) is 1.48. The maximum absolute atomic E-state index is 6.18. The van der Waals surface area contributed by atoms with Gasteiger partial charge in [-0.1, -0.05) is 11.6 Å². The smallest absolute Gasteiger partial charge is 0.318 e. The largest absolute Gasteiger partial charge is 0.467 e. The molecule has 1 fully saturated rings. The fourth-order valence-electron chi connectivity index (χ4n) is 2.37. The van der Waals surface area contributed by atoms with Crippen molar-refractivity contribution in [3.05, 3.63) is 11.2 Å². The number of aromatic nitrogens is 2. The zero-order chi connectivity index (χ0) is 13.0. The van der Waals surface area contributed by atoms with E-state index < -0.39 is 0 Å². The molecule has 1 saturated heterocycles. The van der Waals surface area contributed by atoms with Crippen LogP contribution in [0.3, 0.4) is 0 Å². The Kier molecular flexibility index (Phi) is 4.89. The molecule has 0 aromatic carbocycles. The van der Waals surface area contributed by atoms with Gasteiger partial charge in [0.25, 0.3) is 0 Å². The van der Waals surface area contributed by atoms with Gasteiger partial charge in [0.1, 0.15) is 5.02 Å². The first-order valence-electron chi connectivity index (χ1n) is 6.15. The fraction of sp³-hybridized carbons (Fsp3) is 0.667. The molecule has 1 aliphatic heterocycles. The Morgan fingerprint density at radius 3 is 3.11 bits per heavy atom. The number of methoxy groups -OCH3 is 1. The van der Waals surface area contributed by atoms with Crippen molar-refractivity contribution in [2.75, 3.05) is 24.4 Å². The summed E-state index contributed by atoms with van der Waals surface area (Å²) in [6, 6.07) is 0.832. The van der Waals surface area contributed by atoms with Gasteiger partial charge in [0.15, 0.2) is 5.82 Å². The summed E-state index contributed by atoms with van der Waals surface area (Å²) >= 11 is 11.9. The van der Waals surface area contributed by atoms with E-state index in [1.54, 1.807) is 13.3 Å². The lowest BCUT2D eigenvalue weighted by atomic mass is 10.1. The Morgan fingerprint density at radius 2 is 2.39 bits per heavy atom. The van der Waals surface area contributed by atoms with Crippen LogP contribution < -0.4 is 9.64 Å². The molecule has 0 radical (unpaired) electrons. The molecule has 1 unspecified atom stereocenters. The lowest BCUT2D eigenvalue weighted by Crippen LogP contribution is -2.30. The monoisotopic (exact) mass is 289 g/mol. The maximum atomic E-state index is 6.18. The van der Waals surface area contributed by atoms with Gasteiger partial charge in [0.05, 0.1) is 13.3 Å². The van der Waals surface area contributed by atoms with Crippen LogP contribution in [-0.4, -0.2) is 35.5 Å². The molecule has 0 aliphatic carbocycles. The minimum atomic E-state index is 0.359. The topological polar surface area (TPSA) is 38.2 Å². The quantitative estimate of drug-likeness (QED) is 0.781. The molecule has 2 heterocycles. The third-order valence-electron chi connectivity index (χ3n) is 3.21. The second kappa shape index (κ2) is 6.43. The highest BCUT2D eigenvalue weighted by Gasteiger charge is 2.27. The van der Waals surface area contributed by atoms with Gasteiger partial charge in [-0.2, -0.15) is 4.98 Å². The van der Waals surface area contributed by atoms with E-state index in [0.717, 1.165) is 31.6 Å². The molecule has 1 aliphatic rings. The summed E-state index contributed by atoms with van der Waals surface area (Å²) in [6.07, 6.45) is 6.02. The Hall–Kier alpha value is -0.740. The molecule has 1 aromatic rings. The SMILES string of the molecule is COc1ncc(Cl)c(N2CCCC2CCCCl)n1. The molecular formula is C12H17Cl2N3O. The van der Waals surface area contributed by atoms with Crippen molar-refractivity contribution in [2.45, 2.75) is 31.7 Å². The molecular weight excluding hydrogens is 273 g/mol. The number of anilines is 1. The minimum Gasteiger partial charge on any atom is -0.467 e. The summed E-state index contributed by atoms with van der Waals surface area (Å²) in [5, 5.41) is 0.577. The minimum absolute atomic E-state index is 0.359. The number of hydrogen-bond donors (Lipinski definition) is 0. The first kappa shape index (κ1) is 13.7. The van der Waals surface area contributed by atoms with Gasteiger partial charge >= 0.3 is 6.01 Å². The van der Waals surface area contributed by atoms with Gasteiger partial charge in [-0.15, -0.1) is 11.6 Å². The van der Waals surface area contributed by atoms with E-state index >= 15 is 0 Å². The standard InChI is InChI=1S/C12H17Cl2N3O/c1-18-12-15-8-10(14)11(16-12)17-7-3-5-9(17)4-2-6-13/h8-9H,2-7H2,1H3. The molecule has 18 heavy (non-hydrogen) atoms. The molecule has 0 amide bonds. The molecule has 4 nitrogen and oxygen atoms in total. The normalized spacial score (nSPS) is 19.3. The predicted octanol–water partition coefficient (Wildman–Crippen LogP) is 3.13. The van der Waals surface area contributed by atoms with Crippen LogP contribution in [0.25, 0.3) is 0 Å². The van der Waals surface area contributed by atoms with E-state index in [1.165, 1.54) is 6.42 Å². The van der Waals surface area contributed by atoms with Crippen LogP contribution in [0, 0.1) is 0 Å². The van der Waals surface area contributed by atoms with Crippen LogP contribution in [0.4, 0.5) is 5.82 Å². The van der Waals surface area contributed by atoms with Gasteiger partial charge in [-0.25, -0.2) is 4.98 Å². The van der Waals surface area contributed by atoms with Crippen LogP contribution in [0.1, 0.15) is 25.7 Å². The number of nitrogens with zero attached hydrogens (tertiary/aromatic N) is 3. The van der Waals surface area contributed by atoms with Gasteiger partial charge in [0.2, 0.25) is 0 Å². The summed E-state index contributed by atoms with van der Waals surface area (Å²) < 4.78 is 5.06. The second-order valence-corrected chi connectivity index (χ2v) is 5.13. The number of halogens is 2. The lowest BCUT2D eigenvalue weighted by molar-refractivity contribution is 0.379. The highest BCUT2D eigenvalue weighted by molar-refractivity contribution is 6.32. The van der Waals surface area contributed by atoms with Gasteiger partial charge in [-0.05, 0) is 25.7 Å². The predicted molar refractivity (Wildman–Crippen MR) is 73.9 cm³/mol. The van der Waals surface area contributed by atoms with Gasteiger partial charge in [-0.3, -0.25) is 0 Å². The summed E-state index contributed by atoms with van der Waals surface area (Å²) in [6.45, 7) is 0.979. The lowest BCUT2D eigenvalue weighted by Gasteiger charge is -2.26. The molecule has 1 atom stereocenters. The Bertz CT molecular complexity index is 403. The van der Waals surface area contributed by atoms with E-state index in [1.807, 2.05) is 0 Å². The highest BCUT2D eigenvalue weighted by Crippen LogP contribution is 2.32. The van der Waals surface area contributed by atoms with Crippen molar-refractivity contribution < 1.29 is 4.74 Å². The first-order valence-corrected chi connectivity index (χ1v) is 7.06. The van der Waals surface area contributed by atoms with Crippen molar-refractivity contribution in [2.24, 2.45) is 0 Å². The van der Waals surface area contributed by atoms with Crippen molar-refractivity contribution >= 4 is 29.0 Å². The average Bonchev–Trinajstić information content (AvgIpc) is 2.85. The Balaban J connectivity index is 2.18. The molecule has 2 rings (SSSR count). The zero-order valence-electron chi connectivity index (χ0n) is 10.4. The van der Waals surface area contributed by atoms with Crippen molar-refractivity contribution in [3.63, 3.8) is 0 Å². The molecule has 6 heteroatoms. The third-order valence-corrected chi connectivity index (χ3v) is 3.74. The maximum Gasteiger partial charge on any atom is 0.318 e. The number of rotatable bonds is 5. The Morgan fingerprint density at radius 1 is 1.56 bits per heavy atom. The van der Waals surface area contributed by atoms with E-state index in [-0.39, 0.29) is 0 Å². The third kappa shape index (κ3) is 2.98. The molecule has 0 bridgehead atoms. The van der Waals surface area contributed by atoms with E-state index in [9.17, 15) is 0 Å². The van der Waals surface area contributed by atoms with Crippen molar-refractivity contribution in [3.8, 4) is 6.01 Å². The van der Waals surface area contributed by atoms with Crippen LogP contribution in [0.5, 0.6) is 6.01 Å². The number of alkyl halides is 1.